The lowest BCUT2D eigenvalue weighted by atomic mass is 10.3. The number of hydrogen-bond acceptors (Lipinski definition) is 5. The second kappa shape index (κ2) is 17.7. The molecule has 0 amide bonds. The molecular weight excluding hydrogens is 433 g/mol. The lowest BCUT2D eigenvalue weighted by molar-refractivity contribution is 0.0698. The molecule has 144 valence electrons. The summed E-state index contributed by atoms with van der Waals surface area (Å²) in [6.07, 6.45) is 4.88. The second-order valence-corrected chi connectivity index (χ2v) is 5.23. The van der Waals surface area contributed by atoms with Crippen molar-refractivity contribution in [3.63, 3.8) is 0 Å². The smallest absolute Gasteiger partial charge is 0.190 e. The molecular formula is C17H32IN5O2. The van der Waals surface area contributed by atoms with E-state index in [0.29, 0.717) is 13.2 Å². The van der Waals surface area contributed by atoms with Crippen LogP contribution in [0, 0.1) is 0 Å². The van der Waals surface area contributed by atoms with Crippen LogP contribution < -0.4 is 16.0 Å². The number of nitrogens with one attached hydrogen (secondary N) is 3. The topological polar surface area (TPSA) is 79.8 Å². The van der Waals surface area contributed by atoms with Crippen molar-refractivity contribution in [2.24, 2.45) is 4.99 Å². The van der Waals surface area contributed by atoms with E-state index in [1.165, 1.54) is 0 Å². The number of halogens is 1. The summed E-state index contributed by atoms with van der Waals surface area (Å²) in [4.78, 5) is 8.44. The zero-order chi connectivity index (χ0) is 17.3. The first-order valence-electron chi connectivity index (χ1n) is 8.53. The number of rotatable bonds is 13. The number of guanidine groups is 1. The van der Waals surface area contributed by atoms with Crippen molar-refractivity contribution in [2.45, 2.75) is 19.3 Å². The molecule has 1 aromatic heterocycles. The SMILES string of the molecule is CN=C(NCCCCNc1ccccn1)NCCCOCCOC.I. The number of aliphatic imine (C=N–C) groups is 1. The van der Waals surface area contributed by atoms with Crippen LogP contribution in [-0.2, 0) is 9.47 Å². The standard InChI is InChI=1S/C17H31N5O2.HI/c1-18-17(22-12-7-13-24-15-14-23-2)21-11-6-5-10-20-16-8-3-4-9-19-16;/h3-4,8-9H,5-7,10-15H2,1-2H3,(H,19,20)(H2,18,21,22);1H. The van der Waals surface area contributed by atoms with Crippen LogP contribution in [0.1, 0.15) is 19.3 Å². The number of nitrogens with zero attached hydrogens (tertiary/aromatic N) is 2. The average molecular weight is 465 g/mol. The minimum Gasteiger partial charge on any atom is -0.382 e. The lowest BCUT2D eigenvalue weighted by Gasteiger charge is -2.12. The Labute approximate surface area is 168 Å². The highest BCUT2D eigenvalue weighted by Crippen LogP contribution is 1.99. The van der Waals surface area contributed by atoms with Crippen molar-refractivity contribution in [2.75, 3.05) is 58.9 Å². The van der Waals surface area contributed by atoms with E-state index in [9.17, 15) is 0 Å². The summed E-state index contributed by atoms with van der Waals surface area (Å²) < 4.78 is 10.3. The summed E-state index contributed by atoms with van der Waals surface area (Å²) in [5, 5.41) is 9.90. The molecule has 0 aromatic carbocycles. The van der Waals surface area contributed by atoms with E-state index in [1.54, 1.807) is 20.4 Å². The van der Waals surface area contributed by atoms with Crippen LogP contribution in [0.3, 0.4) is 0 Å². The third kappa shape index (κ3) is 13.8. The van der Waals surface area contributed by atoms with Crippen molar-refractivity contribution >= 4 is 35.8 Å². The van der Waals surface area contributed by atoms with Crippen LogP contribution >= 0.6 is 24.0 Å². The minimum atomic E-state index is 0. The molecule has 0 spiro atoms. The van der Waals surface area contributed by atoms with Gasteiger partial charge in [0.1, 0.15) is 5.82 Å². The van der Waals surface area contributed by atoms with Gasteiger partial charge < -0.3 is 25.4 Å². The molecule has 0 saturated heterocycles. The quantitative estimate of drug-likeness (QED) is 0.179. The second-order valence-electron chi connectivity index (χ2n) is 5.23. The van der Waals surface area contributed by atoms with Crippen LogP contribution in [0.2, 0.25) is 0 Å². The first-order valence-corrected chi connectivity index (χ1v) is 8.53. The van der Waals surface area contributed by atoms with Crippen LogP contribution in [0.15, 0.2) is 29.4 Å². The molecule has 0 bridgehead atoms. The maximum Gasteiger partial charge on any atom is 0.190 e. The van der Waals surface area contributed by atoms with Gasteiger partial charge in [-0.2, -0.15) is 0 Å². The van der Waals surface area contributed by atoms with Gasteiger partial charge in [-0.05, 0) is 31.4 Å². The molecule has 8 heteroatoms. The minimum absolute atomic E-state index is 0. The van der Waals surface area contributed by atoms with Crippen LogP contribution in [0.25, 0.3) is 0 Å². The molecule has 1 aromatic rings. The fraction of sp³-hybridized carbons (Fsp3) is 0.647. The van der Waals surface area contributed by atoms with Gasteiger partial charge >= 0.3 is 0 Å². The highest BCUT2D eigenvalue weighted by Gasteiger charge is 1.97. The molecule has 0 fully saturated rings. The monoisotopic (exact) mass is 465 g/mol. The Hall–Kier alpha value is -1.13. The largest absolute Gasteiger partial charge is 0.382 e. The van der Waals surface area contributed by atoms with E-state index in [1.807, 2.05) is 18.2 Å². The lowest BCUT2D eigenvalue weighted by Crippen LogP contribution is -2.38. The Morgan fingerprint density at radius 3 is 2.48 bits per heavy atom. The molecule has 0 aliphatic carbocycles. The van der Waals surface area contributed by atoms with Crippen LogP contribution in [0.5, 0.6) is 0 Å². The Kier molecular flexibility index (Phi) is 16.9. The van der Waals surface area contributed by atoms with Crippen molar-refractivity contribution in [3.8, 4) is 0 Å². The van der Waals surface area contributed by atoms with Gasteiger partial charge in [-0.25, -0.2) is 4.98 Å². The van der Waals surface area contributed by atoms with Crippen molar-refractivity contribution < 1.29 is 9.47 Å². The van der Waals surface area contributed by atoms with E-state index in [2.05, 4.69) is 25.9 Å². The zero-order valence-electron chi connectivity index (χ0n) is 15.3. The zero-order valence-corrected chi connectivity index (χ0v) is 17.6. The van der Waals surface area contributed by atoms with E-state index in [-0.39, 0.29) is 24.0 Å². The molecule has 0 saturated carbocycles. The molecule has 0 atom stereocenters. The fourth-order valence-electron chi connectivity index (χ4n) is 1.99. The van der Waals surface area contributed by atoms with Gasteiger partial charge in [0.05, 0.1) is 13.2 Å². The van der Waals surface area contributed by atoms with Gasteiger partial charge in [-0.1, -0.05) is 6.07 Å². The molecule has 7 nitrogen and oxygen atoms in total. The molecule has 25 heavy (non-hydrogen) atoms. The van der Waals surface area contributed by atoms with Gasteiger partial charge in [0.2, 0.25) is 0 Å². The third-order valence-electron chi connectivity index (χ3n) is 3.28. The molecule has 1 heterocycles. The number of ether oxygens (including phenoxy) is 2. The van der Waals surface area contributed by atoms with Gasteiger partial charge in [0, 0.05) is 46.6 Å². The Balaban J connectivity index is 0.00000576. The van der Waals surface area contributed by atoms with E-state index >= 15 is 0 Å². The summed E-state index contributed by atoms with van der Waals surface area (Å²) in [5.74, 6) is 1.76. The van der Waals surface area contributed by atoms with Gasteiger partial charge in [-0.3, -0.25) is 4.99 Å². The molecule has 0 unspecified atom stereocenters. The van der Waals surface area contributed by atoms with Crippen molar-refractivity contribution in [3.05, 3.63) is 24.4 Å². The van der Waals surface area contributed by atoms with E-state index in [0.717, 1.165) is 57.3 Å². The number of pyridine rings is 1. The maximum atomic E-state index is 5.41. The number of aromatic nitrogens is 1. The van der Waals surface area contributed by atoms with Crippen LogP contribution in [0.4, 0.5) is 5.82 Å². The molecule has 0 aliphatic rings. The number of methoxy groups -OCH3 is 1. The normalized spacial score (nSPS) is 10.9. The first-order chi connectivity index (χ1) is 11.9. The summed E-state index contributed by atoms with van der Waals surface area (Å²) in [6.45, 7) is 4.68. The van der Waals surface area contributed by atoms with Gasteiger partial charge in [-0.15, -0.1) is 24.0 Å². The highest BCUT2D eigenvalue weighted by atomic mass is 127. The number of anilines is 1. The molecule has 0 radical (unpaired) electrons. The molecule has 3 N–H and O–H groups in total. The Bertz CT molecular complexity index is 434. The predicted octanol–water partition coefficient (Wildman–Crippen LogP) is 2.11. The van der Waals surface area contributed by atoms with Gasteiger partial charge in [0.25, 0.3) is 0 Å². The highest BCUT2D eigenvalue weighted by molar-refractivity contribution is 14.0. The Morgan fingerprint density at radius 2 is 1.80 bits per heavy atom. The van der Waals surface area contributed by atoms with Crippen molar-refractivity contribution in [1.29, 1.82) is 0 Å². The molecule has 0 aliphatic heterocycles. The number of hydrogen-bond donors (Lipinski definition) is 3. The fourth-order valence-corrected chi connectivity index (χ4v) is 1.99. The number of unbranched alkanes of at least 4 members (excludes halogenated alkanes) is 1. The summed E-state index contributed by atoms with van der Waals surface area (Å²) in [6, 6.07) is 5.87. The van der Waals surface area contributed by atoms with Gasteiger partial charge in [0.15, 0.2) is 5.96 Å². The summed E-state index contributed by atoms with van der Waals surface area (Å²) in [5.41, 5.74) is 0. The summed E-state index contributed by atoms with van der Waals surface area (Å²) in [7, 11) is 3.46. The molecule has 1 rings (SSSR count). The van der Waals surface area contributed by atoms with Crippen molar-refractivity contribution in [1.82, 2.24) is 15.6 Å². The first kappa shape index (κ1) is 23.9. The van der Waals surface area contributed by atoms with Crippen LogP contribution in [-0.4, -0.2) is 64.6 Å². The van der Waals surface area contributed by atoms with E-state index < -0.39 is 0 Å². The average Bonchev–Trinajstić information content (AvgIpc) is 2.63. The maximum absolute atomic E-state index is 5.41. The third-order valence-corrected chi connectivity index (χ3v) is 3.28. The predicted molar refractivity (Wildman–Crippen MR) is 114 cm³/mol. The Morgan fingerprint density at radius 1 is 1.04 bits per heavy atom. The van der Waals surface area contributed by atoms with E-state index in [4.69, 9.17) is 9.47 Å². The summed E-state index contributed by atoms with van der Waals surface area (Å²) >= 11 is 0.